The molecule has 0 N–H and O–H groups in total. The van der Waals surface area contributed by atoms with Gasteiger partial charge in [-0.05, 0) is 57.8 Å². The molecule has 1 atom stereocenters. The van der Waals surface area contributed by atoms with Gasteiger partial charge in [0.15, 0.2) is 6.10 Å². The molecular formula is C51H92O5. The summed E-state index contributed by atoms with van der Waals surface area (Å²) < 4.78 is 17.2. The second-order valence-electron chi connectivity index (χ2n) is 16.0. The summed E-state index contributed by atoms with van der Waals surface area (Å²) in [7, 11) is 0. The molecule has 0 aliphatic heterocycles. The SMILES string of the molecule is CC/C=C\C/C=C\C/C=C\C/C=C\CCCCC(=O)OCC(COCCCCCCCCCCCCCCCCCCCCCC)OC(=O)CCCCCCC. The van der Waals surface area contributed by atoms with Gasteiger partial charge in [0.25, 0.3) is 0 Å². The number of hydrogen-bond donors (Lipinski definition) is 0. The molecule has 0 aliphatic rings. The summed E-state index contributed by atoms with van der Waals surface area (Å²) in [6, 6.07) is 0. The van der Waals surface area contributed by atoms with Crippen LogP contribution in [0.3, 0.4) is 0 Å². The molecule has 0 heterocycles. The lowest BCUT2D eigenvalue weighted by Crippen LogP contribution is -2.30. The maximum Gasteiger partial charge on any atom is 0.306 e. The molecule has 0 spiro atoms. The lowest BCUT2D eigenvalue weighted by Gasteiger charge is -2.18. The summed E-state index contributed by atoms with van der Waals surface area (Å²) in [5, 5.41) is 0. The summed E-state index contributed by atoms with van der Waals surface area (Å²) in [5.41, 5.74) is 0. The van der Waals surface area contributed by atoms with Crippen LogP contribution in [0.1, 0.15) is 239 Å². The van der Waals surface area contributed by atoms with Crippen molar-refractivity contribution in [1.82, 2.24) is 0 Å². The van der Waals surface area contributed by atoms with Gasteiger partial charge >= 0.3 is 11.9 Å². The normalized spacial score (nSPS) is 12.6. The molecule has 0 amide bonds. The zero-order chi connectivity index (χ0) is 40.7. The first-order chi connectivity index (χ1) is 27.6. The summed E-state index contributed by atoms with van der Waals surface area (Å²) in [6.45, 7) is 7.62. The number of ether oxygens (including phenoxy) is 3. The van der Waals surface area contributed by atoms with Crippen LogP contribution in [-0.4, -0.2) is 37.9 Å². The molecule has 5 heteroatoms. The molecule has 5 nitrogen and oxygen atoms in total. The third-order valence-corrected chi connectivity index (χ3v) is 10.4. The van der Waals surface area contributed by atoms with Crippen LogP contribution < -0.4 is 0 Å². The molecule has 0 saturated carbocycles. The number of hydrogen-bond acceptors (Lipinski definition) is 5. The Labute approximate surface area is 348 Å². The van der Waals surface area contributed by atoms with Gasteiger partial charge in [-0.15, -0.1) is 0 Å². The fourth-order valence-corrected chi connectivity index (χ4v) is 6.80. The van der Waals surface area contributed by atoms with E-state index in [0.717, 1.165) is 77.0 Å². The zero-order valence-corrected chi connectivity index (χ0v) is 37.4. The van der Waals surface area contributed by atoms with Crippen LogP contribution in [-0.2, 0) is 23.8 Å². The Morgan fingerprint density at radius 3 is 1.29 bits per heavy atom. The number of carbonyl (C=O) groups excluding carboxylic acids is 2. The minimum Gasteiger partial charge on any atom is -0.462 e. The quantitative estimate of drug-likeness (QED) is 0.0350. The third-order valence-electron chi connectivity index (χ3n) is 10.4. The molecule has 0 rings (SSSR count). The predicted molar refractivity (Wildman–Crippen MR) is 242 cm³/mol. The van der Waals surface area contributed by atoms with Gasteiger partial charge in [-0.2, -0.15) is 0 Å². The van der Waals surface area contributed by atoms with E-state index in [9.17, 15) is 9.59 Å². The number of esters is 2. The largest absolute Gasteiger partial charge is 0.462 e. The van der Waals surface area contributed by atoms with Crippen LogP contribution >= 0.6 is 0 Å². The lowest BCUT2D eigenvalue weighted by molar-refractivity contribution is -0.163. The maximum atomic E-state index is 12.5. The van der Waals surface area contributed by atoms with Crippen LogP contribution in [0.2, 0.25) is 0 Å². The van der Waals surface area contributed by atoms with Crippen molar-refractivity contribution in [1.29, 1.82) is 0 Å². The average molecular weight is 785 g/mol. The van der Waals surface area contributed by atoms with Crippen molar-refractivity contribution in [3.63, 3.8) is 0 Å². The van der Waals surface area contributed by atoms with E-state index in [1.165, 1.54) is 128 Å². The molecule has 56 heavy (non-hydrogen) atoms. The van der Waals surface area contributed by atoms with Gasteiger partial charge in [-0.3, -0.25) is 9.59 Å². The van der Waals surface area contributed by atoms with Gasteiger partial charge in [-0.1, -0.05) is 217 Å². The molecule has 0 saturated heterocycles. The molecule has 0 aliphatic carbocycles. The highest BCUT2D eigenvalue weighted by Crippen LogP contribution is 2.15. The minimum atomic E-state index is -0.545. The molecule has 0 fully saturated rings. The Hall–Kier alpha value is -2.14. The standard InChI is InChI=1S/C51H92O5/c1-4-7-10-13-15-17-19-21-23-24-25-26-27-29-31-33-35-37-40-43-46-54-47-49(56-51(53)45-42-38-12-9-6-3)48-55-50(52)44-41-39-36-34-32-30-28-22-20-18-16-14-11-8-5-2/h8,11,16,18,22,28,32,34,49H,4-7,9-10,12-15,17,19-21,23-27,29-31,33,35-48H2,1-3H3/b11-8-,18-16-,28-22-,34-32-. The van der Waals surface area contributed by atoms with E-state index >= 15 is 0 Å². The molecule has 1 unspecified atom stereocenters. The van der Waals surface area contributed by atoms with Crippen LogP contribution in [0.5, 0.6) is 0 Å². The van der Waals surface area contributed by atoms with Gasteiger partial charge in [0, 0.05) is 19.4 Å². The first kappa shape index (κ1) is 53.9. The fraction of sp³-hybridized carbons (Fsp3) is 0.804. The van der Waals surface area contributed by atoms with Gasteiger partial charge in [-0.25, -0.2) is 0 Å². The second-order valence-corrected chi connectivity index (χ2v) is 16.0. The molecule has 0 aromatic heterocycles. The van der Waals surface area contributed by atoms with E-state index in [-0.39, 0.29) is 25.2 Å². The van der Waals surface area contributed by atoms with E-state index in [4.69, 9.17) is 14.2 Å². The van der Waals surface area contributed by atoms with Crippen molar-refractivity contribution in [3.8, 4) is 0 Å². The second kappa shape index (κ2) is 47.2. The van der Waals surface area contributed by atoms with Crippen molar-refractivity contribution in [2.24, 2.45) is 0 Å². The highest BCUT2D eigenvalue weighted by molar-refractivity contribution is 5.70. The topological polar surface area (TPSA) is 61.8 Å². The van der Waals surface area contributed by atoms with Crippen LogP contribution in [0.15, 0.2) is 48.6 Å². The first-order valence-electron chi connectivity index (χ1n) is 24.2. The minimum absolute atomic E-state index is 0.0660. The van der Waals surface area contributed by atoms with Crippen molar-refractivity contribution < 1.29 is 23.8 Å². The summed E-state index contributed by atoms with van der Waals surface area (Å²) in [4.78, 5) is 25.0. The third kappa shape index (κ3) is 44.6. The highest BCUT2D eigenvalue weighted by Gasteiger charge is 2.17. The first-order valence-corrected chi connectivity index (χ1v) is 24.2. The van der Waals surface area contributed by atoms with Crippen molar-refractivity contribution in [2.45, 2.75) is 245 Å². The smallest absolute Gasteiger partial charge is 0.306 e. The van der Waals surface area contributed by atoms with E-state index in [0.29, 0.717) is 19.4 Å². The summed E-state index contributed by atoms with van der Waals surface area (Å²) in [6.07, 6.45) is 57.3. The molecule has 0 radical (unpaired) electrons. The maximum absolute atomic E-state index is 12.5. The number of allylic oxidation sites excluding steroid dienone is 8. The van der Waals surface area contributed by atoms with Crippen LogP contribution in [0.4, 0.5) is 0 Å². The Balaban J connectivity index is 4.03. The van der Waals surface area contributed by atoms with Crippen LogP contribution in [0, 0.1) is 0 Å². The Bertz CT molecular complexity index is 935. The Morgan fingerprint density at radius 1 is 0.411 bits per heavy atom. The Kier molecular flexibility index (Phi) is 45.4. The molecule has 0 aromatic rings. The molecule has 0 bridgehead atoms. The van der Waals surface area contributed by atoms with E-state index in [1.807, 2.05) is 0 Å². The summed E-state index contributed by atoms with van der Waals surface area (Å²) >= 11 is 0. The van der Waals surface area contributed by atoms with E-state index in [1.54, 1.807) is 0 Å². The Morgan fingerprint density at radius 2 is 0.804 bits per heavy atom. The van der Waals surface area contributed by atoms with Crippen molar-refractivity contribution in [2.75, 3.05) is 19.8 Å². The summed E-state index contributed by atoms with van der Waals surface area (Å²) in [5.74, 6) is -0.451. The fourth-order valence-electron chi connectivity index (χ4n) is 6.80. The lowest BCUT2D eigenvalue weighted by atomic mass is 10.0. The number of unbranched alkanes of at least 4 members (excludes halogenated alkanes) is 25. The van der Waals surface area contributed by atoms with Crippen molar-refractivity contribution >= 4 is 11.9 Å². The van der Waals surface area contributed by atoms with E-state index in [2.05, 4.69) is 69.4 Å². The molecule has 326 valence electrons. The molecule has 0 aromatic carbocycles. The van der Waals surface area contributed by atoms with E-state index < -0.39 is 6.10 Å². The van der Waals surface area contributed by atoms with Gasteiger partial charge < -0.3 is 14.2 Å². The van der Waals surface area contributed by atoms with Gasteiger partial charge in [0.2, 0.25) is 0 Å². The molecular weight excluding hydrogens is 693 g/mol. The average Bonchev–Trinajstić information content (AvgIpc) is 3.20. The number of carbonyl (C=O) groups is 2. The zero-order valence-electron chi connectivity index (χ0n) is 37.4. The van der Waals surface area contributed by atoms with Crippen LogP contribution in [0.25, 0.3) is 0 Å². The van der Waals surface area contributed by atoms with Gasteiger partial charge in [0.05, 0.1) is 6.61 Å². The predicted octanol–water partition coefficient (Wildman–Crippen LogP) is 16.0. The monoisotopic (exact) mass is 785 g/mol. The van der Waals surface area contributed by atoms with Gasteiger partial charge in [0.1, 0.15) is 6.61 Å². The van der Waals surface area contributed by atoms with Crippen molar-refractivity contribution in [3.05, 3.63) is 48.6 Å². The number of rotatable bonds is 44. The highest BCUT2D eigenvalue weighted by atomic mass is 16.6.